The van der Waals surface area contributed by atoms with Crippen LogP contribution in [0, 0.1) is 5.92 Å². The number of primary amides is 1. The summed E-state index contributed by atoms with van der Waals surface area (Å²) in [4.78, 5) is 25.0. The number of carbonyl (C=O) groups excluding carboxylic acids is 2. The molecule has 5 nitrogen and oxygen atoms in total. The summed E-state index contributed by atoms with van der Waals surface area (Å²) in [5, 5.41) is 1.01. The number of fused-ring (bicyclic) bond motifs is 1. The number of nitrogens with zero attached hydrogens (tertiary/aromatic N) is 1. The van der Waals surface area contributed by atoms with Crippen molar-refractivity contribution in [3.05, 3.63) is 36.1 Å². The van der Waals surface area contributed by atoms with Gasteiger partial charge in [-0.05, 0) is 12.5 Å². The average molecular weight is 272 g/mol. The zero-order valence-corrected chi connectivity index (χ0v) is 11.0. The zero-order valence-electron chi connectivity index (χ0n) is 11.0. The molecule has 0 saturated carbocycles. The summed E-state index contributed by atoms with van der Waals surface area (Å²) in [5.74, 6) is -0.520. The Labute approximate surface area is 116 Å². The van der Waals surface area contributed by atoms with Gasteiger partial charge in [0.2, 0.25) is 11.8 Å². The third-order valence-electron chi connectivity index (χ3n) is 3.82. The highest BCUT2D eigenvalue weighted by Gasteiger charge is 2.29. The van der Waals surface area contributed by atoms with Crippen LogP contribution in [0.1, 0.15) is 18.4 Å². The molecule has 2 aromatic rings. The lowest BCUT2D eigenvalue weighted by atomic mass is 9.96. The van der Waals surface area contributed by atoms with Crippen molar-refractivity contribution in [2.45, 2.75) is 19.4 Å². The molecular weight excluding hydrogens is 256 g/mol. The summed E-state index contributed by atoms with van der Waals surface area (Å²) in [6.45, 7) is 0.846. The summed E-state index contributed by atoms with van der Waals surface area (Å²) >= 11 is 0. The minimum Gasteiger partial charge on any atom is -0.464 e. The summed E-state index contributed by atoms with van der Waals surface area (Å²) in [6, 6.07) is 7.73. The fourth-order valence-corrected chi connectivity index (χ4v) is 2.69. The average Bonchev–Trinajstić information content (AvgIpc) is 2.90. The molecule has 1 aliphatic heterocycles. The van der Waals surface area contributed by atoms with Crippen molar-refractivity contribution >= 4 is 22.8 Å². The van der Waals surface area contributed by atoms with Crippen LogP contribution in [-0.2, 0) is 16.1 Å². The van der Waals surface area contributed by atoms with Gasteiger partial charge in [0, 0.05) is 30.5 Å². The molecule has 1 saturated heterocycles. The maximum absolute atomic E-state index is 12.0. The molecule has 0 spiro atoms. The van der Waals surface area contributed by atoms with Gasteiger partial charge >= 0.3 is 0 Å². The molecule has 1 atom stereocenters. The minimum absolute atomic E-state index is 0.0612. The summed E-state index contributed by atoms with van der Waals surface area (Å²) in [6.07, 6.45) is 2.57. The van der Waals surface area contributed by atoms with Crippen LogP contribution in [0.2, 0.25) is 0 Å². The van der Waals surface area contributed by atoms with Gasteiger partial charge in [-0.15, -0.1) is 0 Å². The SMILES string of the molecule is NC(=O)[C@H]1CCC(=O)N(Cc2cccc3ccoc23)C1. The second kappa shape index (κ2) is 5.00. The Balaban J connectivity index is 1.84. The normalized spacial score (nSPS) is 19.5. The first kappa shape index (κ1) is 12.7. The summed E-state index contributed by atoms with van der Waals surface area (Å²) < 4.78 is 5.47. The smallest absolute Gasteiger partial charge is 0.222 e. The van der Waals surface area contributed by atoms with Crippen LogP contribution < -0.4 is 5.73 Å². The number of benzene rings is 1. The number of amides is 2. The number of hydrogen-bond acceptors (Lipinski definition) is 3. The number of nitrogens with two attached hydrogens (primary N) is 1. The van der Waals surface area contributed by atoms with Gasteiger partial charge in [0.05, 0.1) is 12.2 Å². The Morgan fingerprint density at radius 1 is 1.40 bits per heavy atom. The van der Waals surface area contributed by atoms with Crippen molar-refractivity contribution in [2.24, 2.45) is 11.7 Å². The van der Waals surface area contributed by atoms with Gasteiger partial charge in [-0.3, -0.25) is 9.59 Å². The van der Waals surface area contributed by atoms with Gasteiger partial charge in [-0.2, -0.15) is 0 Å². The van der Waals surface area contributed by atoms with Crippen LogP contribution >= 0.6 is 0 Å². The number of piperidine rings is 1. The molecule has 0 aliphatic carbocycles. The van der Waals surface area contributed by atoms with Gasteiger partial charge in [0.1, 0.15) is 5.58 Å². The number of furan rings is 1. The number of likely N-dealkylation sites (tertiary alicyclic amines) is 1. The van der Waals surface area contributed by atoms with Crippen molar-refractivity contribution in [3.8, 4) is 0 Å². The molecule has 1 aliphatic rings. The highest BCUT2D eigenvalue weighted by Crippen LogP contribution is 2.24. The number of carbonyl (C=O) groups is 2. The van der Waals surface area contributed by atoms with Gasteiger partial charge in [0.25, 0.3) is 0 Å². The number of para-hydroxylation sites is 1. The van der Waals surface area contributed by atoms with Crippen LogP contribution in [0.4, 0.5) is 0 Å². The van der Waals surface area contributed by atoms with Crippen molar-refractivity contribution in [3.63, 3.8) is 0 Å². The Morgan fingerprint density at radius 3 is 3.05 bits per heavy atom. The first-order chi connectivity index (χ1) is 9.65. The van der Waals surface area contributed by atoms with Gasteiger partial charge in [-0.25, -0.2) is 0 Å². The predicted molar refractivity (Wildman–Crippen MR) is 73.5 cm³/mol. The van der Waals surface area contributed by atoms with Crippen LogP contribution in [0.5, 0.6) is 0 Å². The number of rotatable bonds is 3. The molecule has 20 heavy (non-hydrogen) atoms. The zero-order chi connectivity index (χ0) is 14.1. The van der Waals surface area contributed by atoms with E-state index in [1.54, 1.807) is 11.2 Å². The molecular formula is C15H16N2O3. The van der Waals surface area contributed by atoms with Crippen LogP contribution in [-0.4, -0.2) is 23.3 Å². The van der Waals surface area contributed by atoms with E-state index in [1.165, 1.54) is 0 Å². The topological polar surface area (TPSA) is 76.5 Å². The van der Waals surface area contributed by atoms with Crippen LogP contribution in [0.25, 0.3) is 11.0 Å². The molecule has 2 N–H and O–H groups in total. The molecule has 2 amide bonds. The standard InChI is InChI=1S/C15H16N2O3/c16-15(19)12-4-5-13(18)17(9-12)8-11-3-1-2-10-6-7-20-14(10)11/h1-3,6-7,12H,4-5,8-9H2,(H2,16,19)/t12-/m0/s1. The van der Waals surface area contributed by atoms with E-state index in [0.29, 0.717) is 25.9 Å². The van der Waals surface area contributed by atoms with Gasteiger partial charge in [0.15, 0.2) is 0 Å². The molecule has 104 valence electrons. The van der Waals surface area contributed by atoms with E-state index in [9.17, 15) is 9.59 Å². The lowest BCUT2D eigenvalue weighted by Gasteiger charge is -2.31. The fourth-order valence-electron chi connectivity index (χ4n) is 2.69. The second-order valence-electron chi connectivity index (χ2n) is 5.17. The molecule has 0 unspecified atom stereocenters. The molecule has 3 rings (SSSR count). The second-order valence-corrected chi connectivity index (χ2v) is 5.17. The minimum atomic E-state index is -0.335. The molecule has 0 bridgehead atoms. The maximum Gasteiger partial charge on any atom is 0.222 e. The highest BCUT2D eigenvalue weighted by atomic mass is 16.3. The first-order valence-electron chi connectivity index (χ1n) is 6.67. The van der Waals surface area contributed by atoms with E-state index in [-0.39, 0.29) is 17.7 Å². The first-order valence-corrected chi connectivity index (χ1v) is 6.67. The van der Waals surface area contributed by atoms with E-state index < -0.39 is 0 Å². The molecule has 2 heterocycles. The van der Waals surface area contributed by atoms with Crippen molar-refractivity contribution in [1.29, 1.82) is 0 Å². The van der Waals surface area contributed by atoms with Crippen LogP contribution in [0.15, 0.2) is 34.9 Å². The lowest BCUT2D eigenvalue weighted by molar-refractivity contribution is -0.138. The van der Waals surface area contributed by atoms with Crippen LogP contribution in [0.3, 0.4) is 0 Å². The van der Waals surface area contributed by atoms with Gasteiger partial charge < -0.3 is 15.1 Å². The Kier molecular flexibility index (Phi) is 3.18. The quantitative estimate of drug-likeness (QED) is 0.923. The number of hydrogen-bond donors (Lipinski definition) is 1. The Hall–Kier alpha value is -2.30. The predicted octanol–water partition coefficient (Wildman–Crippen LogP) is 1.66. The van der Waals surface area contributed by atoms with E-state index in [2.05, 4.69) is 0 Å². The monoisotopic (exact) mass is 272 g/mol. The summed E-state index contributed by atoms with van der Waals surface area (Å²) in [7, 11) is 0. The maximum atomic E-state index is 12.0. The van der Waals surface area contributed by atoms with Gasteiger partial charge in [-0.1, -0.05) is 18.2 Å². The van der Waals surface area contributed by atoms with E-state index in [4.69, 9.17) is 10.2 Å². The third kappa shape index (κ3) is 2.27. The molecule has 1 aromatic carbocycles. The van der Waals surface area contributed by atoms with Crippen molar-refractivity contribution < 1.29 is 14.0 Å². The molecule has 1 fully saturated rings. The van der Waals surface area contributed by atoms with E-state index in [1.807, 2.05) is 24.3 Å². The largest absolute Gasteiger partial charge is 0.464 e. The highest BCUT2D eigenvalue weighted by molar-refractivity contribution is 5.84. The third-order valence-corrected chi connectivity index (χ3v) is 3.82. The molecule has 1 aromatic heterocycles. The summed E-state index contributed by atoms with van der Waals surface area (Å²) in [5.41, 5.74) is 7.09. The lowest BCUT2D eigenvalue weighted by Crippen LogP contribution is -2.43. The van der Waals surface area contributed by atoms with Crippen molar-refractivity contribution in [1.82, 2.24) is 4.90 Å². The molecule has 0 radical (unpaired) electrons. The fraction of sp³-hybridized carbons (Fsp3) is 0.333. The molecule has 5 heteroatoms. The van der Waals surface area contributed by atoms with E-state index >= 15 is 0 Å². The Morgan fingerprint density at radius 2 is 2.25 bits per heavy atom. The Bertz CT molecular complexity index is 662. The van der Waals surface area contributed by atoms with Crippen molar-refractivity contribution in [2.75, 3.05) is 6.54 Å². The van der Waals surface area contributed by atoms with E-state index in [0.717, 1.165) is 16.5 Å².